The molecule has 1 aliphatic rings. The number of carboxylic acids is 1. The van der Waals surface area contributed by atoms with E-state index in [2.05, 4.69) is 4.98 Å². The molecule has 1 fully saturated rings. The van der Waals surface area contributed by atoms with Crippen LogP contribution in [0.2, 0.25) is 0 Å². The van der Waals surface area contributed by atoms with Gasteiger partial charge in [-0.3, -0.25) is 4.79 Å². The Morgan fingerprint density at radius 2 is 2.09 bits per heavy atom. The number of aromatic nitrogens is 1. The van der Waals surface area contributed by atoms with Gasteiger partial charge in [-0.2, -0.15) is 4.48 Å². The molecule has 1 saturated heterocycles. The number of imide groups is 2. The van der Waals surface area contributed by atoms with Crippen molar-refractivity contribution >= 4 is 45.4 Å². The summed E-state index contributed by atoms with van der Waals surface area (Å²) in [6.07, 6.45) is 0. The number of hydrogen-bond donors (Lipinski definition) is 2. The molecular weight excluding hydrogens is 329 g/mol. The number of fused-ring (bicyclic) bond motifs is 1. The lowest BCUT2D eigenvalue weighted by atomic mass is 10.3. The summed E-state index contributed by atoms with van der Waals surface area (Å²) >= 11 is 1.03. The van der Waals surface area contributed by atoms with Gasteiger partial charge in [0.1, 0.15) is 17.4 Å². The first kappa shape index (κ1) is 15.2. The lowest BCUT2D eigenvalue weighted by molar-refractivity contribution is -0.772. The summed E-state index contributed by atoms with van der Waals surface area (Å²) in [5, 5.41) is 11.1. The highest BCUT2D eigenvalue weighted by Crippen LogP contribution is 2.27. The number of urea groups is 1. The number of thiazole rings is 1. The molecule has 10 heteroatoms. The van der Waals surface area contributed by atoms with Crippen LogP contribution >= 0.6 is 11.3 Å². The minimum absolute atomic E-state index is 0.255. The van der Waals surface area contributed by atoms with Gasteiger partial charge in [0.25, 0.3) is 0 Å². The zero-order chi connectivity index (χ0) is 16.8. The number of nitrogens with one attached hydrogen (secondary N) is 1. The van der Waals surface area contributed by atoms with Crippen molar-refractivity contribution in [1.29, 1.82) is 0 Å². The van der Waals surface area contributed by atoms with Crippen LogP contribution in [-0.4, -0.2) is 44.9 Å². The normalized spacial score (nSPS) is 21.0. The summed E-state index contributed by atoms with van der Waals surface area (Å²) in [5.41, 5.74) is 0.457. The molecule has 0 spiro atoms. The number of rotatable bonds is 4. The fourth-order valence-corrected chi connectivity index (χ4v) is 3.44. The van der Waals surface area contributed by atoms with E-state index in [0.717, 1.165) is 11.3 Å². The third-order valence-electron chi connectivity index (χ3n) is 3.40. The Kier molecular flexibility index (Phi) is 3.42. The topological polar surface area (TPSA) is 113 Å². The van der Waals surface area contributed by atoms with E-state index in [9.17, 15) is 23.6 Å². The van der Waals surface area contributed by atoms with Gasteiger partial charge in [0.05, 0.1) is 10.2 Å². The van der Waals surface area contributed by atoms with E-state index in [-0.39, 0.29) is 11.6 Å². The van der Waals surface area contributed by atoms with E-state index in [1.165, 1.54) is 18.2 Å². The molecule has 8 nitrogen and oxygen atoms in total. The number of aliphatic carboxylic acids is 1. The number of hydrogen-bond acceptors (Lipinski definition) is 6. The Morgan fingerprint density at radius 3 is 2.70 bits per heavy atom. The molecule has 0 saturated carbocycles. The third-order valence-corrected chi connectivity index (χ3v) is 4.40. The van der Waals surface area contributed by atoms with Crippen LogP contribution in [0.25, 0.3) is 10.2 Å². The van der Waals surface area contributed by atoms with Crippen LogP contribution in [-0.2, 0) is 20.9 Å². The summed E-state index contributed by atoms with van der Waals surface area (Å²) in [4.78, 5) is 50.7. The molecule has 4 amide bonds. The maximum absolute atomic E-state index is 13.2. The molecular formula is C13H9FN3O5S+. The molecule has 3 rings (SSSR count). The number of benzene rings is 1. The van der Waals surface area contributed by atoms with Crippen LogP contribution in [0.4, 0.5) is 9.18 Å². The highest BCUT2D eigenvalue weighted by Gasteiger charge is 2.57. The quantitative estimate of drug-likeness (QED) is 0.480. The molecule has 2 N–H and O–H groups in total. The molecule has 2 heterocycles. The molecule has 1 aromatic heterocycles. The zero-order valence-corrected chi connectivity index (χ0v) is 12.2. The van der Waals surface area contributed by atoms with E-state index in [0.29, 0.717) is 10.2 Å². The van der Waals surface area contributed by atoms with Crippen molar-refractivity contribution in [2.24, 2.45) is 0 Å². The van der Waals surface area contributed by atoms with Crippen LogP contribution in [0.3, 0.4) is 0 Å². The second kappa shape index (κ2) is 5.18. The molecule has 0 bridgehead atoms. The highest BCUT2D eigenvalue weighted by atomic mass is 32.1. The molecule has 0 radical (unpaired) electrons. The highest BCUT2D eigenvalue weighted by molar-refractivity contribution is 7.18. The number of nitrogens with zero attached hydrogens (tertiary/aromatic N) is 2. The maximum atomic E-state index is 13.2. The average Bonchev–Trinajstić information content (AvgIpc) is 2.93. The summed E-state index contributed by atoms with van der Waals surface area (Å²) in [6.45, 7) is -1.26. The summed E-state index contributed by atoms with van der Waals surface area (Å²) < 4.78 is 12.5. The number of halogens is 1. The van der Waals surface area contributed by atoms with Crippen molar-refractivity contribution in [3.63, 3.8) is 0 Å². The third kappa shape index (κ3) is 2.47. The SMILES string of the molecule is O=C(O)C[N+]1(Cc2nc3ccc(F)cc3s2)C(=O)NC(=O)C1=O. The van der Waals surface area contributed by atoms with Crippen LogP contribution in [0.1, 0.15) is 5.01 Å². The van der Waals surface area contributed by atoms with Gasteiger partial charge in [0.15, 0.2) is 6.54 Å². The summed E-state index contributed by atoms with van der Waals surface area (Å²) in [6, 6.07) is 2.89. The molecule has 1 aromatic carbocycles. The smallest absolute Gasteiger partial charge is 0.432 e. The zero-order valence-electron chi connectivity index (χ0n) is 11.4. The summed E-state index contributed by atoms with van der Waals surface area (Å²) in [5.74, 6) is -4.17. The second-order valence-corrected chi connectivity index (χ2v) is 6.08. The summed E-state index contributed by atoms with van der Waals surface area (Å²) in [7, 11) is 0. The van der Waals surface area contributed by atoms with Crippen molar-refractivity contribution in [3.8, 4) is 0 Å². The average molecular weight is 338 g/mol. The Morgan fingerprint density at radius 1 is 1.35 bits per heavy atom. The van der Waals surface area contributed by atoms with Crippen LogP contribution in [0, 0.1) is 5.82 Å². The first-order valence-corrected chi connectivity index (χ1v) is 7.18. The largest absolute Gasteiger partial charge is 0.477 e. The van der Waals surface area contributed by atoms with Gasteiger partial charge in [-0.25, -0.2) is 29.1 Å². The van der Waals surface area contributed by atoms with Gasteiger partial charge < -0.3 is 5.11 Å². The van der Waals surface area contributed by atoms with Gasteiger partial charge in [-0.15, -0.1) is 11.3 Å². The van der Waals surface area contributed by atoms with Gasteiger partial charge in [0.2, 0.25) is 0 Å². The molecule has 2 aromatic rings. The van der Waals surface area contributed by atoms with Crippen LogP contribution in [0.15, 0.2) is 18.2 Å². The Balaban J connectivity index is 2.04. The molecule has 0 aliphatic carbocycles. The van der Waals surface area contributed by atoms with Crippen molar-refractivity contribution < 1.29 is 33.2 Å². The Labute approximate surface area is 131 Å². The molecule has 1 atom stereocenters. The van der Waals surface area contributed by atoms with Gasteiger partial charge in [0, 0.05) is 0 Å². The van der Waals surface area contributed by atoms with E-state index in [1.807, 2.05) is 5.32 Å². The van der Waals surface area contributed by atoms with Crippen molar-refractivity contribution in [2.45, 2.75) is 6.54 Å². The van der Waals surface area contributed by atoms with Gasteiger partial charge in [-0.05, 0) is 18.2 Å². The number of quaternary nitrogens is 1. The molecule has 118 valence electrons. The standard InChI is InChI=1S/C13H8FN3O5S/c14-6-1-2-7-8(3-6)23-9(15-7)4-17(5-10(18)19)12(21)11(20)16-13(17)22/h1-3H,4-5H2,(H-,16,18,19,20,22)/p+1. The van der Waals surface area contributed by atoms with Gasteiger partial charge >= 0.3 is 23.8 Å². The predicted molar refractivity (Wildman–Crippen MR) is 74.6 cm³/mol. The molecule has 23 heavy (non-hydrogen) atoms. The fraction of sp³-hybridized carbons (Fsp3) is 0.154. The minimum Gasteiger partial charge on any atom is -0.477 e. The lowest BCUT2D eigenvalue weighted by Gasteiger charge is -2.22. The van der Waals surface area contributed by atoms with Crippen molar-refractivity contribution in [3.05, 3.63) is 29.0 Å². The Bertz CT molecular complexity index is 880. The predicted octanol–water partition coefficient (Wildman–Crippen LogP) is 0.613. The number of carbonyl (C=O) groups is 4. The molecule has 1 unspecified atom stereocenters. The van der Waals surface area contributed by atoms with Crippen molar-refractivity contribution in [2.75, 3.05) is 6.54 Å². The van der Waals surface area contributed by atoms with Crippen molar-refractivity contribution in [1.82, 2.24) is 10.3 Å². The monoisotopic (exact) mass is 338 g/mol. The number of carbonyl (C=O) groups excluding carboxylic acids is 3. The Hall–Kier alpha value is -2.72. The maximum Gasteiger partial charge on any atom is 0.432 e. The number of amides is 4. The minimum atomic E-state index is -1.41. The van der Waals surface area contributed by atoms with Gasteiger partial charge in [-0.1, -0.05) is 0 Å². The van der Waals surface area contributed by atoms with E-state index in [1.54, 1.807) is 0 Å². The number of carboxylic acid groups (broad SMARTS) is 1. The van der Waals surface area contributed by atoms with Crippen LogP contribution < -0.4 is 5.32 Å². The van der Waals surface area contributed by atoms with E-state index < -0.39 is 40.7 Å². The van der Waals surface area contributed by atoms with E-state index >= 15 is 0 Å². The lowest BCUT2D eigenvalue weighted by Crippen LogP contribution is -2.55. The molecule has 1 aliphatic heterocycles. The first-order valence-electron chi connectivity index (χ1n) is 6.36. The first-order chi connectivity index (χ1) is 10.8. The van der Waals surface area contributed by atoms with Crippen LogP contribution in [0.5, 0.6) is 0 Å². The van der Waals surface area contributed by atoms with E-state index in [4.69, 9.17) is 5.11 Å². The second-order valence-electron chi connectivity index (χ2n) is 4.96. The fourth-order valence-electron chi connectivity index (χ4n) is 2.36.